The van der Waals surface area contributed by atoms with Gasteiger partial charge in [-0.3, -0.25) is 9.00 Å². The molecule has 64 valence electrons. The van der Waals surface area contributed by atoms with Crippen LogP contribution in [0.1, 0.15) is 0 Å². The summed E-state index contributed by atoms with van der Waals surface area (Å²) >= 11 is 0. The van der Waals surface area contributed by atoms with Crippen molar-refractivity contribution in [1.29, 1.82) is 0 Å². The molecule has 2 N–H and O–H groups in total. The summed E-state index contributed by atoms with van der Waals surface area (Å²) in [6.07, 6.45) is 2.65. The fourth-order valence-electron chi connectivity index (χ4n) is 0.396. The summed E-state index contributed by atoms with van der Waals surface area (Å²) in [6.45, 7) is 0.133. The van der Waals surface area contributed by atoms with Gasteiger partial charge in [0.05, 0.1) is 6.61 Å². The van der Waals surface area contributed by atoms with Crippen LogP contribution in [-0.2, 0) is 15.6 Å². The van der Waals surface area contributed by atoms with Crippen molar-refractivity contribution in [3.8, 4) is 0 Å². The van der Waals surface area contributed by atoms with E-state index in [4.69, 9.17) is 5.11 Å². The molecule has 0 saturated carbocycles. The van der Waals surface area contributed by atoms with Gasteiger partial charge < -0.3 is 10.4 Å². The molecule has 1 amide bonds. The van der Waals surface area contributed by atoms with Gasteiger partial charge in [-0.2, -0.15) is 0 Å². The first-order valence-electron chi connectivity index (χ1n) is 3.06. The highest BCUT2D eigenvalue weighted by molar-refractivity contribution is 7.87. The Morgan fingerprint density at radius 2 is 2.36 bits per heavy atom. The fraction of sp³-hybridized carbons (Fsp3) is 0.500. The minimum atomic E-state index is -1.10. The highest BCUT2D eigenvalue weighted by Gasteiger charge is 1.91. The molecule has 0 aromatic heterocycles. The first-order chi connectivity index (χ1) is 5.16. The molecule has 0 radical (unpaired) electrons. The monoisotopic (exact) mass is 177 g/mol. The van der Waals surface area contributed by atoms with E-state index < -0.39 is 10.8 Å². The third-order valence-corrected chi connectivity index (χ3v) is 1.34. The summed E-state index contributed by atoms with van der Waals surface area (Å²) in [5, 5.41) is 12.0. The second-order valence-corrected chi connectivity index (χ2v) is 3.09. The summed E-state index contributed by atoms with van der Waals surface area (Å²) in [5.41, 5.74) is 0. The summed E-state index contributed by atoms with van der Waals surface area (Å²) < 4.78 is 10.4. The molecule has 0 heterocycles. The Morgan fingerprint density at radius 1 is 1.73 bits per heavy atom. The van der Waals surface area contributed by atoms with Gasteiger partial charge in [0.2, 0.25) is 5.91 Å². The van der Waals surface area contributed by atoms with Crippen LogP contribution in [0.5, 0.6) is 0 Å². The average molecular weight is 177 g/mol. The molecule has 0 aliphatic rings. The van der Waals surface area contributed by atoms with E-state index in [9.17, 15) is 9.00 Å². The molecular formula is C6H11NO3S. The molecule has 0 saturated heterocycles. The summed E-state index contributed by atoms with van der Waals surface area (Å²) in [5.74, 6) is -0.339. The van der Waals surface area contributed by atoms with E-state index in [-0.39, 0.29) is 19.1 Å². The lowest BCUT2D eigenvalue weighted by Crippen LogP contribution is -2.24. The highest BCUT2D eigenvalue weighted by atomic mass is 32.2. The number of hydrogen-bond acceptors (Lipinski definition) is 3. The van der Waals surface area contributed by atoms with E-state index in [1.807, 2.05) is 0 Å². The summed E-state index contributed by atoms with van der Waals surface area (Å²) in [7, 11) is -1.10. The molecule has 1 atom stereocenters. The lowest BCUT2D eigenvalue weighted by atomic mass is 10.5. The molecule has 0 spiro atoms. The zero-order valence-corrected chi connectivity index (χ0v) is 7.06. The SMILES string of the molecule is CS(=O)C=CC(=O)NCCO. The van der Waals surface area contributed by atoms with Gasteiger partial charge in [-0.05, 0) is 0 Å². The van der Waals surface area contributed by atoms with Crippen molar-refractivity contribution in [1.82, 2.24) is 5.32 Å². The lowest BCUT2D eigenvalue weighted by Gasteiger charge is -1.95. The van der Waals surface area contributed by atoms with Gasteiger partial charge >= 0.3 is 0 Å². The molecule has 0 fully saturated rings. The number of aliphatic hydroxyl groups is 1. The molecule has 1 unspecified atom stereocenters. The number of hydrogen-bond donors (Lipinski definition) is 2. The lowest BCUT2D eigenvalue weighted by molar-refractivity contribution is -0.116. The molecule has 0 rings (SSSR count). The largest absolute Gasteiger partial charge is 0.395 e. The van der Waals surface area contributed by atoms with Gasteiger partial charge in [0.15, 0.2) is 0 Å². The van der Waals surface area contributed by atoms with Crippen LogP contribution in [0.4, 0.5) is 0 Å². The van der Waals surface area contributed by atoms with E-state index in [1.165, 1.54) is 17.7 Å². The standard InChI is InChI=1S/C6H11NO3S/c1-11(10)5-2-6(9)7-3-4-8/h2,5,8H,3-4H2,1H3,(H,7,9). The Bertz CT molecular complexity index is 179. The zero-order chi connectivity index (χ0) is 8.69. The van der Waals surface area contributed by atoms with Crippen LogP contribution in [0.15, 0.2) is 11.5 Å². The topological polar surface area (TPSA) is 66.4 Å². The van der Waals surface area contributed by atoms with E-state index in [2.05, 4.69) is 5.32 Å². The predicted octanol–water partition coefficient (Wildman–Crippen LogP) is -1.01. The quantitative estimate of drug-likeness (QED) is 0.541. The number of amides is 1. The second kappa shape index (κ2) is 6.06. The number of carbonyl (C=O) groups excluding carboxylic acids is 1. The Morgan fingerprint density at radius 3 is 2.82 bits per heavy atom. The van der Waals surface area contributed by atoms with Crippen molar-refractivity contribution >= 4 is 16.7 Å². The minimum absolute atomic E-state index is 0.0885. The number of nitrogens with one attached hydrogen (secondary N) is 1. The van der Waals surface area contributed by atoms with Gasteiger partial charge in [0, 0.05) is 35.1 Å². The Balaban J connectivity index is 3.60. The molecule has 11 heavy (non-hydrogen) atoms. The molecule has 4 nitrogen and oxygen atoms in total. The Labute approximate surface area is 67.8 Å². The predicted molar refractivity (Wildman–Crippen MR) is 43.3 cm³/mol. The summed E-state index contributed by atoms with van der Waals surface area (Å²) in [4.78, 5) is 10.7. The number of aliphatic hydroxyl groups excluding tert-OH is 1. The highest BCUT2D eigenvalue weighted by Crippen LogP contribution is 1.77. The van der Waals surface area contributed by atoms with Crippen LogP contribution < -0.4 is 5.32 Å². The van der Waals surface area contributed by atoms with Crippen molar-refractivity contribution < 1.29 is 14.1 Å². The van der Waals surface area contributed by atoms with Crippen LogP contribution in [-0.4, -0.2) is 34.6 Å². The normalized spacial score (nSPS) is 13.3. The van der Waals surface area contributed by atoms with Gasteiger partial charge in [-0.15, -0.1) is 0 Å². The smallest absolute Gasteiger partial charge is 0.244 e. The summed E-state index contributed by atoms with van der Waals surface area (Å²) in [6, 6.07) is 0. The van der Waals surface area contributed by atoms with E-state index in [1.54, 1.807) is 0 Å². The van der Waals surface area contributed by atoms with Crippen LogP contribution in [0.2, 0.25) is 0 Å². The first-order valence-corrected chi connectivity index (χ1v) is 4.68. The van der Waals surface area contributed by atoms with Gasteiger partial charge in [0.1, 0.15) is 0 Å². The Kier molecular flexibility index (Phi) is 5.68. The van der Waals surface area contributed by atoms with Crippen LogP contribution in [0, 0.1) is 0 Å². The maximum Gasteiger partial charge on any atom is 0.244 e. The van der Waals surface area contributed by atoms with Crippen molar-refractivity contribution in [2.45, 2.75) is 0 Å². The first kappa shape index (κ1) is 10.3. The molecule has 5 heteroatoms. The van der Waals surface area contributed by atoms with E-state index in [0.29, 0.717) is 0 Å². The van der Waals surface area contributed by atoms with Crippen molar-refractivity contribution in [3.05, 3.63) is 11.5 Å². The van der Waals surface area contributed by atoms with E-state index >= 15 is 0 Å². The molecule has 0 bridgehead atoms. The molecule has 0 aliphatic carbocycles. The van der Waals surface area contributed by atoms with Crippen molar-refractivity contribution in [3.63, 3.8) is 0 Å². The van der Waals surface area contributed by atoms with E-state index in [0.717, 1.165) is 0 Å². The second-order valence-electron chi connectivity index (χ2n) is 1.82. The number of carbonyl (C=O) groups is 1. The van der Waals surface area contributed by atoms with Crippen molar-refractivity contribution in [2.75, 3.05) is 19.4 Å². The molecule has 0 aliphatic heterocycles. The van der Waals surface area contributed by atoms with Crippen LogP contribution in [0.25, 0.3) is 0 Å². The zero-order valence-electron chi connectivity index (χ0n) is 6.24. The maximum atomic E-state index is 10.7. The maximum absolute atomic E-state index is 10.7. The third-order valence-electron chi connectivity index (χ3n) is 0.822. The van der Waals surface area contributed by atoms with Gasteiger partial charge in [-0.25, -0.2) is 0 Å². The van der Waals surface area contributed by atoms with Crippen LogP contribution >= 0.6 is 0 Å². The van der Waals surface area contributed by atoms with Gasteiger partial charge in [-0.1, -0.05) is 0 Å². The Hall–Kier alpha value is -0.680. The molecule has 0 aromatic rings. The van der Waals surface area contributed by atoms with Crippen molar-refractivity contribution in [2.24, 2.45) is 0 Å². The minimum Gasteiger partial charge on any atom is -0.395 e. The number of rotatable bonds is 4. The average Bonchev–Trinajstić information content (AvgIpc) is 1.97. The van der Waals surface area contributed by atoms with Crippen LogP contribution in [0.3, 0.4) is 0 Å². The third kappa shape index (κ3) is 7.21. The molecule has 0 aromatic carbocycles. The van der Waals surface area contributed by atoms with Gasteiger partial charge in [0.25, 0.3) is 0 Å². The molecular weight excluding hydrogens is 166 g/mol. The fourth-order valence-corrected chi connectivity index (χ4v) is 0.711.